The van der Waals surface area contributed by atoms with Crippen molar-refractivity contribution in [3.8, 4) is 11.3 Å². The van der Waals surface area contributed by atoms with Crippen LogP contribution in [0, 0.1) is 6.92 Å². The Morgan fingerprint density at radius 1 is 1.07 bits per heavy atom. The minimum absolute atomic E-state index is 0.0908. The summed E-state index contributed by atoms with van der Waals surface area (Å²) in [6.45, 7) is 5.83. The lowest BCUT2D eigenvalue weighted by molar-refractivity contribution is 0.0943. The molecule has 0 fully saturated rings. The molecule has 0 aliphatic carbocycles. The van der Waals surface area contributed by atoms with E-state index in [4.69, 9.17) is 5.73 Å². The third kappa shape index (κ3) is 4.41. The lowest BCUT2D eigenvalue weighted by atomic mass is 10.0. The second-order valence-corrected chi connectivity index (χ2v) is 6.62. The smallest absolute Gasteiger partial charge is 0.251 e. The van der Waals surface area contributed by atoms with E-state index in [2.05, 4.69) is 20.6 Å². The highest BCUT2D eigenvalue weighted by Gasteiger charge is 2.09. The normalized spacial score (nSPS) is 10.7. The number of aromatic nitrogens is 2. The van der Waals surface area contributed by atoms with Gasteiger partial charge in [0.15, 0.2) is 0 Å². The molecule has 2 aromatic carbocycles. The molecule has 0 bridgehead atoms. The van der Waals surface area contributed by atoms with E-state index in [1.165, 1.54) is 0 Å². The summed E-state index contributed by atoms with van der Waals surface area (Å²) in [5, 5.41) is 6.04. The maximum absolute atomic E-state index is 12.0. The van der Waals surface area contributed by atoms with Crippen molar-refractivity contribution >= 4 is 23.2 Å². The lowest BCUT2D eigenvalue weighted by Crippen LogP contribution is -2.29. The second-order valence-electron chi connectivity index (χ2n) is 6.62. The number of carbonyl (C=O) groups is 1. The van der Waals surface area contributed by atoms with Crippen LogP contribution in [-0.2, 0) is 0 Å². The number of anilines is 3. The summed E-state index contributed by atoms with van der Waals surface area (Å²) in [7, 11) is 0. The molecule has 0 aliphatic rings. The molecule has 0 atom stereocenters. The van der Waals surface area contributed by atoms with Crippen LogP contribution in [0.4, 0.5) is 17.3 Å². The highest BCUT2D eigenvalue weighted by molar-refractivity contribution is 5.94. The van der Waals surface area contributed by atoms with Gasteiger partial charge in [-0.2, -0.15) is 0 Å². The van der Waals surface area contributed by atoms with Crippen molar-refractivity contribution in [3.05, 3.63) is 65.9 Å². The zero-order valence-corrected chi connectivity index (χ0v) is 15.7. The molecule has 6 nitrogen and oxygen atoms in total. The number of nitrogens with two attached hydrogens (primary N) is 1. The largest absolute Gasteiger partial charge is 0.398 e. The number of benzene rings is 2. The highest BCUT2D eigenvalue weighted by Crippen LogP contribution is 2.26. The minimum atomic E-state index is -0.0908. The van der Waals surface area contributed by atoms with E-state index in [1.54, 1.807) is 18.3 Å². The highest BCUT2D eigenvalue weighted by atomic mass is 16.1. The summed E-state index contributed by atoms with van der Waals surface area (Å²) in [6, 6.07) is 14.9. The zero-order valence-electron chi connectivity index (χ0n) is 15.7. The molecular formula is C21H23N5O. The van der Waals surface area contributed by atoms with Crippen LogP contribution < -0.4 is 16.4 Å². The third-order valence-electron chi connectivity index (χ3n) is 4.13. The standard InChI is InChI=1S/C21H23N5O/c1-13(2)24-20(27)15-7-9-16(10-8-15)25-21-23-12-11-19(26-21)17-5-4-6-18(22)14(17)3/h4-13H,22H2,1-3H3,(H,24,27)(H,23,25,26). The third-order valence-corrected chi connectivity index (χ3v) is 4.13. The number of amides is 1. The van der Waals surface area contributed by atoms with Crippen molar-refractivity contribution < 1.29 is 4.79 Å². The maximum atomic E-state index is 12.0. The Hall–Kier alpha value is -3.41. The number of nitrogen functional groups attached to an aromatic ring is 1. The fraction of sp³-hybridized carbons (Fsp3) is 0.190. The van der Waals surface area contributed by atoms with Gasteiger partial charge in [-0.25, -0.2) is 9.97 Å². The van der Waals surface area contributed by atoms with Crippen LogP contribution in [0.3, 0.4) is 0 Å². The lowest BCUT2D eigenvalue weighted by Gasteiger charge is -2.11. The minimum Gasteiger partial charge on any atom is -0.398 e. The predicted octanol–water partition coefficient (Wildman–Crippen LogP) is 3.92. The van der Waals surface area contributed by atoms with Gasteiger partial charge in [0.25, 0.3) is 5.91 Å². The molecule has 27 heavy (non-hydrogen) atoms. The van der Waals surface area contributed by atoms with Crippen molar-refractivity contribution in [1.82, 2.24) is 15.3 Å². The molecule has 3 rings (SSSR count). The van der Waals surface area contributed by atoms with Crippen molar-refractivity contribution in [2.24, 2.45) is 0 Å². The van der Waals surface area contributed by atoms with Crippen molar-refractivity contribution in [2.45, 2.75) is 26.8 Å². The van der Waals surface area contributed by atoms with Gasteiger partial charge in [-0.3, -0.25) is 4.79 Å². The quantitative estimate of drug-likeness (QED) is 0.599. The summed E-state index contributed by atoms with van der Waals surface area (Å²) in [4.78, 5) is 20.9. The molecule has 3 aromatic rings. The fourth-order valence-corrected chi connectivity index (χ4v) is 2.68. The monoisotopic (exact) mass is 361 g/mol. The van der Waals surface area contributed by atoms with E-state index < -0.39 is 0 Å². The van der Waals surface area contributed by atoms with Crippen LogP contribution in [-0.4, -0.2) is 21.9 Å². The molecule has 138 valence electrons. The topological polar surface area (TPSA) is 92.9 Å². The van der Waals surface area contributed by atoms with Crippen LogP contribution in [0.5, 0.6) is 0 Å². The Morgan fingerprint density at radius 3 is 2.52 bits per heavy atom. The molecule has 0 unspecified atom stereocenters. The Balaban J connectivity index is 1.79. The van der Waals surface area contributed by atoms with Crippen molar-refractivity contribution in [2.75, 3.05) is 11.1 Å². The van der Waals surface area contributed by atoms with Gasteiger partial charge in [-0.1, -0.05) is 12.1 Å². The number of nitrogens with zero attached hydrogens (tertiary/aromatic N) is 2. The number of nitrogens with one attached hydrogen (secondary N) is 2. The van der Waals surface area contributed by atoms with E-state index in [1.807, 2.05) is 57.2 Å². The van der Waals surface area contributed by atoms with E-state index >= 15 is 0 Å². The summed E-state index contributed by atoms with van der Waals surface area (Å²) < 4.78 is 0. The Kier molecular flexibility index (Phi) is 5.35. The van der Waals surface area contributed by atoms with Gasteiger partial charge < -0.3 is 16.4 Å². The van der Waals surface area contributed by atoms with Crippen LogP contribution in [0.1, 0.15) is 29.8 Å². The fourth-order valence-electron chi connectivity index (χ4n) is 2.68. The summed E-state index contributed by atoms with van der Waals surface area (Å²) >= 11 is 0. The Bertz CT molecular complexity index is 951. The maximum Gasteiger partial charge on any atom is 0.251 e. The van der Waals surface area contributed by atoms with Crippen LogP contribution in [0.15, 0.2) is 54.7 Å². The van der Waals surface area contributed by atoms with Gasteiger partial charge in [0, 0.05) is 34.7 Å². The van der Waals surface area contributed by atoms with Crippen LogP contribution >= 0.6 is 0 Å². The first kappa shape index (κ1) is 18.4. The van der Waals surface area contributed by atoms with Crippen LogP contribution in [0.25, 0.3) is 11.3 Å². The zero-order chi connectivity index (χ0) is 19.4. The molecule has 4 N–H and O–H groups in total. The van der Waals surface area contributed by atoms with Gasteiger partial charge in [-0.15, -0.1) is 0 Å². The van der Waals surface area contributed by atoms with E-state index in [9.17, 15) is 4.79 Å². The first-order valence-electron chi connectivity index (χ1n) is 8.80. The predicted molar refractivity (Wildman–Crippen MR) is 109 cm³/mol. The average molecular weight is 361 g/mol. The number of hydrogen-bond acceptors (Lipinski definition) is 5. The Morgan fingerprint density at radius 2 is 1.81 bits per heavy atom. The molecule has 0 saturated carbocycles. The Labute approximate surface area is 158 Å². The van der Waals surface area contributed by atoms with E-state index in [0.717, 1.165) is 28.2 Å². The summed E-state index contributed by atoms with van der Waals surface area (Å²) in [6.07, 6.45) is 1.71. The SMILES string of the molecule is Cc1c(N)cccc1-c1ccnc(Nc2ccc(C(=O)NC(C)C)cc2)n1. The van der Waals surface area contributed by atoms with Crippen molar-refractivity contribution in [1.29, 1.82) is 0 Å². The molecule has 0 spiro atoms. The van der Waals surface area contributed by atoms with Gasteiger partial charge in [0.05, 0.1) is 5.69 Å². The molecule has 1 amide bonds. The molecule has 0 saturated heterocycles. The summed E-state index contributed by atoms with van der Waals surface area (Å²) in [5.41, 5.74) is 10.9. The summed E-state index contributed by atoms with van der Waals surface area (Å²) in [5.74, 6) is 0.389. The number of rotatable bonds is 5. The van der Waals surface area contributed by atoms with Gasteiger partial charge in [0.1, 0.15) is 0 Å². The molecular weight excluding hydrogens is 338 g/mol. The van der Waals surface area contributed by atoms with E-state index in [-0.39, 0.29) is 11.9 Å². The molecule has 1 aromatic heterocycles. The van der Waals surface area contributed by atoms with Gasteiger partial charge in [-0.05, 0) is 62.7 Å². The van der Waals surface area contributed by atoms with E-state index in [0.29, 0.717) is 11.5 Å². The first-order chi connectivity index (χ1) is 12.9. The van der Waals surface area contributed by atoms with Gasteiger partial charge >= 0.3 is 0 Å². The second kappa shape index (κ2) is 7.86. The average Bonchev–Trinajstić information content (AvgIpc) is 2.64. The number of carbonyl (C=O) groups excluding carboxylic acids is 1. The molecule has 0 radical (unpaired) electrons. The first-order valence-corrected chi connectivity index (χ1v) is 8.80. The van der Waals surface area contributed by atoms with Gasteiger partial charge in [0.2, 0.25) is 5.95 Å². The molecule has 1 heterocycles. The van der Waals surface area contributed by atoms with Crippen molar-refractivity contribution in [3.63, 3.8) is 0 Å². The molecule has 6 heteroatoms. The number of hydrogen-bond donors (Lipinski definition) is 3. The molecule has 0 aliphatic heterocycles. The van der Waals surface area contributed by atoms with Crippen LogP contribution in [0.2, 0.25) is 0 Å².